The van der Waals surface area contributed by atoms with Gasteiger partial charge in [-0.1, -0.05) is 6.42 Å². The Bertz CT molecular complexity index is 416. The lowest BCUT2D eigenvalue weighted by Crippen LogP contribution is -2.48. The van der Waals surface area contributed by atoms with Gasteiger partial charge in [-0.15, -0.1) is 24.0 Å². The molecule has 0 radical (unpaired) electrons. The van der Waals surface area contributed by atoms with Gasteiger partial charge < -0.3 is 15.0 Å². The third-order valence-electron chi connectivity index (χ3n) is 5.86. The first-order valence-corrected chi connectivity index (χ1v) is 9.79. The van der Waals surface area contributed by atoms with Crippen LogP contribution in [0.5, 0.6) is 0 Å². The van der Waals surface area contributed by atoms with Crippen molar-refractivity contribution in [1.29, 1.82) is 0 Å². The fourth-order valence-electron chi connectivity index (χ4n) is 4.31. The van der Waals surface area contributed by atoms with E-state index < -0.39 is 0 Å². The zero-order chi connectivity index (χ0) is 16.8. The molecule has 0 saturated carbocycles. The molecule has 0 amide bonds. The number of morpholine rings is 1. The fraction of sp³-hybridized carbons (Fsp3) is 0.944. The van der Waals surface area contributed by atoms with Crippen molar-refractivity contribution >= 4 is 29.9 Å². The molecule has 25 heavy (non-hydrogen) atoms. The van der Waals surface area contributed by atoms with Gasteiger partial charge in [0, 0.05) is 58.4 Å². The van der Waals surface area contributed by atoms with Crippen LogP contribution >= 0.6 is 24.0 Å². The van der Waals surface area contributed by atoms with E-state index in [-0.39, 0.29) is 24.0 Å². The van der Waals surface area contributed by atoms with Crippen LogP contribution in [0.1, 0.15) is 32.6 Å². The first-order valence-electron chi connectivity index (χ1n) is 9.79. The predicted molar refractivity (Wildman–Crippen MR) is 114 cm³/mol. The molecule has 3 aliphatic rings. The van der Waals surface area contributed by atoms with Crippen molar-refractivity contribution in [2.75, 3.05) is 66.1 Å². The number of piperidine rings is 1. The first-order chi connectivity index (χ1) is 11.8. The van der Waals surface area contributed by atoms with E-state index in [1.807, 2.05) is 7.05 Å². The molecule has 1 N–H and O–H groups in total. The molecule has 0 bridgehead atoms. The Balaban J connectivity index is 0.00000225. The highest BCUT2D eigenvalue weighted by Gasteiger charge is 2.30. The Kier molecular flexibility index (Phi) is 9.23. The van der Waals surface area contributed by atoms with E-state index >= 15 is 0 Å². The Hall–Kier alpha value is -0.120. The second-order valence-electron chi connectivity index (χ2n) is 7.39. The SMILES string of the molecule is CN=C(NCCN1CCCCC1C)N1CCC(N2CCOCC2)C1.I. The van der Waals surface area contributed by atoms with Crippen molar-refractivity contribution in [3.8, 4) is 0 Å². The molecule has 6 nitrogen and oxygen atoms in total. The van der Waals surface area contributed by atoms with E-state index in [9.17, 15) is 0 Å². The van der Waals surface area contributed by atoms with Crippen LogP contribution in [-0.2, 0) is 4.74 Å². The van der Waals surface area contributed by atoms with Gasteiger partial charge in [-0.2, -0.15) is 0 Å². The highest BCUT2D eigenvalue weighted by atomic mass is 127. The highest BCUT2D eigenvalue weighted by molar-refractivity contribution is 14.0. The average Bonchev–Trinajstić information content (AvgIpc) is 3.11. The lowest BCUT2D eigenvalue weighted by atomic mass is 10.0. The molecule has 3 rings (SSSR count). The Morgan fingerprint density at radius 1 is 1.12 bits per heavy atom. The number of likely N-dealkylation sites (tertiary alicyclic amines) is 2. The number of guanidine groups is 1. The van der Waals surface area contributed by atoms with Crippen LogP contribution in [0.4, 0.5) is 0 Å². The number of rotatable bonds is 4. The van der Waals surface area contributed by atoms with Crippen LogP contribution in [-0.4, -0.2) is 98.8 Å². The molecule has 0 aromatic heterocycles. The number of ether oxygens (including phenoxy) is 1. The Morgan fingerprint density at radius 3 is 2.64 bits per heavy atom. The second kappa shape index (κ2) is 10.9. The Morgan fingerprint density at radius 2 is 1.92 bits per heavy atom. The number of halogens is 1. The van der Waals surface area contributed by atoms with Crippen LogP contribution in [0.3, 0.4) is 0 Å². The normalized spacial score (nSPS) is 29.5. The van der Waals surface area contributed by atoms with Gasteiger partial charge >= 0.3 is 0 Å². The molecule has 0 aromatic rings. The molecule has 3 aliphatic heterocycles. The largest absolute Gasteiger partial charge is 0.379 e. The van der Waals surface area contributed by atoms with Gasteiger partial charge in [-0.25, -0.2) is 0 Å². The fourth-order valence-corrected chi connectivity index (χ4v) is 4.31. The third-order valence-corrected chi connectivity index (χ3v) is 5.86. The maximum Gasteiger partial charge on any atom is 0.193 e. The van der Waals surface area contributed by atoms with Crippen LogP contribution < -0.4 is 5.32 Å². The summed E-state index contributed by atoms with van der Waals surface area (Å²) in [6.07, 6.45) is 5.34. The molecule has 146 valence electrons. The standard InChI is InChI=1S/C18H35N5O.HI/c1-16-5-3-4-8-21(16)10-7-20-18(19-2)23-9-6-17(15-23)22-11-13-24-14-12-22;/h16-17H,3-15H2,1-2H3,(H,19,20);1H. The summed E-state index contributed by atoms with van der Waals surface area (Å²) >= 11 is 0. The summed E-state index contributed by atoms with van der Waals surface area (Å²) in [5, 5.41) is 3.59. The summed E-state index contributed by atoms with van der Waals surface area (Å²) in [6, 6.07) is 1.40. The van der Waals surface area contributed by atoms with E-state index in [4.69, 9.17) is 4.74 Å². The molecule has 0 spiro atoms. The number of aliphatic imine (C=N–C) groups is 1. The van der Waals surface area contributed by atoms with Gasteiger partial charge in [0.2, 0.25) is 0 Å². The zero-order valence-corrected chi connectivity index (χ0v) is 18.3. The van der Waals surface area contributed by atoms with E-state index in [0.717, 1.165) is 64.5 Å². The molecular formula is C18H36IN5O. The smallest absolute Gasteiger partial charge is 0.193 e. The van der Waals surface area contributed by atoms with Crippen LogP contribution in [0.25, 0.3) is 0 Å². The van der Waals surface area contributed by atoms with E-state index in [0.29, 0.717) is 6.04 Å². The van der Waals surface area contributed by atoms with Crippen LogP contribution in [0.15, 0.2) is 4.99 Å². The minimum Gasteiger partial charge on any atom is -0.379 e. The molecule has 2 unspecified atom stereocenters. The maximum absolute atomic E-state index is 5.48. The predicted octanol–water partition coefficient (Wildman–Crippen LogP) is 1.46. The number of hydrogen-bond donors (Lipinski definition) is 1. The molecular weight excluding hydrogens is 429 g/mol. The van der Waals surface area contributed by atoms with Crippen molar-refractivity contribution in [1.82, 2.24) is 20.0 Å². The monoisotopic (exact) mass is 465 g/mol. The molecule has 7 heteroatoms. The van der Waals surface area contributed by atoms with Crippen LogP contribution in [0, 0.1) is 0 Å². The summed E-state index contributed by atoms with van der Waals surface area (Å²) in [6.45, 7) is 11.9. The van der Waals surface area contributed by atoms with Crippen LogP contribution in [0.2, 0.25) is 0 Å². The lowest BCUT2D eigenvalue weighted by Gasteiger charge is -2.34. The summed E-state index contributed by atoms with van der Waals surface area (Å²) < 4.78 is 5.48. The second-order valence-corrected chi connectivity index (χ2v) is 7.39. The minimum absolute atomic E-state index is 0. The topological polar surface area (TPSA) is 43.3 Å². The van der Waals surface area contributed by atoms with Gasteiger partial charge in [0.1, 0.15) is 0 Å². The minimum atomic E-state index is 0. The summed E-state index contributed by atoms with van der Waals surface area (Å²) in [5.41, 5.74) is 0. The number of nitrogens with one attached hydrogen (secondary N) is 1. The van der Waals surface area contributed by atoms with Crippen molar-refractivity contribution < 1.29 is 4.74 Å². The Labute approximate surface area is 170 Å². The van der Waals surface area contributed by atoms with E-state index in [1.54, 1.807) is 0 Å². The molecule has 0 aliphatic carbocycles. The number of hydrogen-bond acceptors (Lipinski definition) is 4. The van der Waals surface area contributed by atoms with Crippen molar-refractivity contribution in [2.24, 2.45) is 4.99 Å². The average molecular weight is 465 g/mol. The molecule has 2 atom stereocenters. The lowest BCUT2D eigenvalue weighted by molar-refractivity contribution is 0.0195. The van der Waals surface area contributed by atoms with Crippen molar-refractivity contribution in [2.45, 2.75) is 44.7 Å². The van der Waals surface area contributed by atoms with Crippen molar-refractivity contribution in [3.05, 3.63) is 0 Å². The quantitative estimate of drug-likeness (QED) is 0.387. The van der Waals surface area contributed by atoms with Gasteiger partial charge in [0.25, 0.3) is 0 Å². The van der Waals surface area contributed by atoms with Gasteiger partial charge in [0.15, 0.2) is 5.96 Å². The molecule has 0 aromatic carbocycles. The third kappa shape index (κ3) is 5.94. The number of nitrogens with zero attached hydrogens (tertiary/aromatic N) is 4. The zero-order valence-electron chi connectivity index (χ0n) is 16.0. The van der Waals surface area contributed by atoms with Crippen molar-refractivity contribution in [3.63, 3.8) is 0 Å². The highest BCUT2D eigenvalue weighted by Crippen LogP contribution is 2.17. The first kappa shape index (κ1) is 21.2. The summed E-state index contributed by atoms with van der Waals surface area (Å²) in [4.78, 5) is 12.2. The maximum atomic E-state index is 5.48. The van der Waals surface area contributed by atoms with E-state index in [1.165, 1.54) is 32.2 Å². The van der Waals surface area contributed by atoms with Gasteiger partial charge in [-0.05, 0) is 32.7 Å². The van der Waals surface area contributed by atoms with E-state index in [2.05, 4.69) is 31.9 Å². The van der Waals surface area contributed by atoms with Gasteiger partial charge in [0.05, 0.1) is 13.2 Å². The molecule has 3 heterocycles. The summed E-state index contributed by atoms with van der Waals surface area (Å²) in [5.74, 6) is 1.08. The molecule has 3 fully saturated rings. The molecule has 3 saturated heterocycles. The summed E-state index contributed by atoms with van der Waals surface area (Å²) in [7, 11) is 1.91. The van der Waals surface area contributed by atoms with Gasteiger partial charge in [-0.3, -0.25) is 14.8 Å².